The number of unbranched alkanes of at least 4 members (excludes halogenated alkanes) is 5. The Morgan fingerprint density at radius 1 is 1.21 bits per heavy atom. The molecule has 1 aliphatic heterocycles. The van der Waals surface area contributed by atoms with E-state index in [-0.39, 0.29) is 25.0 Å². The van der Waals surface area contributed by atoms with Gasteiger partial charge in [-0.05, 0) is 51.4 Å². The van der Waals surface area contributed by atoms with Gasteiger partial charge in [-0.1, -0.05) is 57.6 Å². The predicted octanol–water partition coefficient (Wildman–Crippen LogP) is 6.69. The molecule has 0 bridgehead atoms. The van der Waals surface area contributed by atoms with Gasteiger partial charge in [0.25, 0.3) is 0 Å². The van der Waals surface area contributed by atoms with Gasteiger partial charge in [0.1, 0.15) is 5.78 Å². The van der Waals surface area contributed by atoms with E-state index in [0.29, 0.717) is 32.3 Å². The van der Waals surface area contributed by atoms with Crippen molar-refractivity contribution in [3.05, 3.63) is 12.2 Å². The van der Waals surface area contributed by atoms with Crippen LogP contribution in [0.4, 0.5) is 8.78 Å². The first kappa shape index (κ1) is 27.9. The summed E-state index contributed by atoms with van der Waals surface area (Å²) >= 11 is 0. The molecule has 1 N–H and O–H groups in total. The van der Waals surface area contributed by atoms with E-state index in [1.807, 2.05) is 0 Å². The standard InChI is InChI=1S/C26H42F2O5/c1-2-3-4-5-6-11-17-26(25(27)28)18-16-21(29)20(26)13-8-7-9-14-22(24(30)31)33-23-15-10-12-19-32-23/h7-8,20,22-23,25H,2-6,9-19H2,1H3,(H,30,31)/t20-,22?,23?,26+/m0/s1. The Morgan fingerprint density at radius 2 is 1.97 bits per heavy atom. The number of allylic oxidation sites excluding steroid dienone is 2. The molecule has 2 fully saturated rings. The molecule has 4 atom stereocenters. The normalized spacial score (nSPS) is 27.0. The Kier molecular flexibility index (Phi) is 12.5. The van der Waals surface area contributed by atoms with Crippen LogP contribution in [0.5, 0.6) is 0 Å². The maximum atomic E-state index is 14.2. The van der Waals surface area contributed by atoms with Crippen LogP contribution in [-0.4, -0.2) is 42.3 Å². The topological polar surface area (TPSA) is 72.8 Å². The fourth-order valence-corrected chi connectivity index (χ4v) is 5.14. The summed E-state index contributed by atoms with van der Waals surface area (Å²) < 4.78 is 39.4. The first-order chi connectivity index (χ1) is 15.9. The molecule has 0 spiro atoms. The number of ether oxygens (including phenoxy) is 2. The van der Waals surface area contributed by atoms with Crippen LogP contribution in [0.2, 0.25) is 0 Å². The first-order valence-corrected chi connectivity index (χ1v) is 12.9. The van der Waals surface area contributed by atoms with E-state index in [4.69, 9.17) is 9.47 Å². The third-order valence-corrected chi connectivity index (χ3v) is 7.21. The lowest BCUT2D eigenvalue weighted by Crippen LogP contribution is -2.35. The van der Waals surface area contributed by atoms with Crippen LogP contribution < -0.4 is 0 Å². The molecule has 2 unspecified atom stereocenters. The molecule has 5 nitrogen and oxygen atoms in total. The second kappa shape index (κ2) is 14.8. The lowest BCUT2D eigenvalue weighted by atomic mass is 9.72. The minimum absolute atomic E-state index is 0.0628. The lowest BCUT2D eigenvalue weighted by Gasteiger charge is -2.33. The van der Waals surface area contributed by atoms with Gasteiger partial charge in [-0.25, -0.2) is 13.6 Å². The molecule has 1 saturated heterocycles. The number of hydrogen-bond donors (Lipinski definition) is 1. The number of carbonyl (C=O) groups is 2. The number of hydrogen-bond acceptors (Lipinski definition) is 4. The van der Waals surface area contributed by atoms with Crippen LogP contribution in [0.25, 0.3) is 0 Å². The van der Waals surface area contributed by atoms with Gasteiger partial charge in [0.2, 0.25) is 6.43 Å². The van der Waals surface area contributed by atoms with Crippen LogP contribution in [0.3, 0.4) is 0 Å². The zero-order chi connectivity index (χ0) is 24.1. The van der Waals surface area contributed by atoms with Gasteiger partial charge in [-0.15, -0.1) is 0 Å². The number of rotatable bonds is 16. The van der Waals surface area contributed by atoms with Gasteiger partial charge in [-0.2, -0.15) is 0 Å². The Balaban J connectivity index is 1.83. The van der Waals surface area contributed by atoms with Crippen molar-refractivity contribution < 1.29 is 33.0 Å². The minimum Gasteiger partial charge on any atom is -0.479 e. The van der Waals surface area contributed by atoms with Gasteiger partial charge in [-0.3, -0.25) is 4.79 Å². The molecule has 0 aromatic heterocycles. The van der Waals surface area contributed by atoms with E-state index in [1.165, 1.54) is 6.42 Å². The average Bonchev–Trinajstić information content (AvgIpc) is 3.12. The fraction of sp³-hybridized carbons (Fsp3) is 0.846. The van der Waals surface area contributed by atoms with Crippen molar-refractivity contribution >= 4 is 11.8 Å². The van der Waals surface area contributed by atoms with Crippen molar-refractivity contribution in [2.45, 2.75) is 122 Å². The van der Waals surface area contributed by atoms with Crippen molar-refractivity contribution in [1.29, 1.82) is 0 Å². The smallest absolute Gasteiger partial charge is 0.332 e. The lowest BCUT2D eigenvalue weighted by molar-refractivity contribution is -0.201. The maximum absolute atomic E-state index is 14.2. The summed E-state index contributed by atoms with van der Waals surface area (Å²) in [6, 6.07) is 0. The number of carbonyl (C=O) groups excluding carboxylic acids is 1. The Hall–Kier alpha value is -1.34. The van der Waals surface area contributed by atoms with Gasteiger partial charge in [0.05, 0.1) is 0 Å². The summed E-state index contributed by atoms with van der Waals surface area (Å²) in [7, 11) is 0. The summed E-state index contributed by atoms with van der Waals surface area (Å²) in [5, 5.41) is 9.42. The van der Waals surface area contributed by atoms with Crippen molar-refractivity contribution in [1.82, 2.24) is 0 Å². The third kappa shape index (κ3) is 8.75. The quantitative estimate of drug-likeness (QED) is 0.200. The molecule has 1 saturated carbocycles. The maximum Gasteiger partial charge on any atom is 0.332 e. The summed E-state index contributed by atoms with van der Waals surface area (Å²) in [5.41, 5.74) is -1.21. The highest BCUT2D eigenvalue weighted by atomic mass is 19.3. The molecule has 2 aliphatic rings. The van der Waals surface area contributed by atoms with E-state index < -0.39 is 36.1 Å². The van der Waals surface area contributed by atoms with Crippen LogP contribution in [0.1, 0.15) is 103 Å². The van der Waals surface area contributed by atoms with Crippen molar-refractivity contribution in [3.8, 4) is 0 Å². The molecule has 0 amide bonds. The van der Waals surface area contributed by atoms with Crippen LogP contribution >= 0.6 is 0 Å². The SMILES string of the molecule is CCCCCCCC[C@@]1(C(F)F)CCC(=O)[C@@H]1CC=CCCC(OC1CCCCO1)C(=O)O. The molecular weight excluding hydrogens is 430 g/mol. The molecule has 2 rings (SSSR count). The second-order valence-corrected chi connectivity index (χ2v) is 9.61. The second-order valence-electron chi connectivity index (χ2n) is 9.61. The van der Waals surface area contributed by atoms with Crippen molar-refractivity contribution in [3.63, 3.8) is 0 Å². The summed E-state index contributed by atoms with van der Waals surface area (Å²) in [6.45, 7) is 2.73. The highest BCUT2D eigenvalue weighted by Gasteiger charge is 2.52. The molecule has 0 aromatic rings. The summed E-state index contributed by atoms with van der Waals surface area (Å²) in [5.74, 6) is -1.74. The largest absolute Gasteiger partial charge is 0.479 e. The Labute approximate surface area is 197 Å². The van der Waals surface area contributed by atoms with Crippen molar-refractivity contribution in [2.75, 3.05) is 6.61 Å². The average molecular weight is 473 g/mol. The highest BCUT2D eigenvalue weighted by Crippen LogP contribution is 2.51. The Bertz CT molecular complexity index is 618. The predicted molar refractivity (Wildman–Crippen MR) is 123 cm³/mol. The zero-order valence-electron chi connectivity index (χ0n) is 20.1. The first-order valence-electron chi connectivity index (χ1n) is 12.9. The van der Waals surface area contributed by atoms with Gasteiger partial charge in [0, 0.05) is 24.4 Å². The third-order valence-electron chi connectivity index (χ3n) is 7.21. The molecule has 7 heteroatoms. The highest BCUT2D eigenvalue weighted by molar-refractivity contribution is 5.84. The van der Waals surface area contributed by atoms with Crippen LogP contribution in [-0.2, 0) is 19.1 Å². The van der Waals surface area contributed by atoms with Crippen LogP contribution in [0.15, 0.2) is 12.2 Å². The van der Waals surface area contributed by atoms with E-state index in [9.17, 15) is 23.5 Å². The molecule has 0 radical (unpaired) electrons. The summed E-state index contributed by atoms with van der Waals surface area (Å²) in [4.78, 5) is 24.0. The molecular formula is C26H42F2O5. The number of carboxylic acids is 1. The molecule has 0 aromatic carbocycles. The molecule has 190 valence electrons. The Morgan fingerprint density at radius 3 is 2.64 bits per heavy atom. The number of carboxylic acid groups (broad SMARTS) is 1. The van der Waals surface area contributed by atoms with Gasteiger partial charge >= 0.3 is 5.97 Å². The molecule has 1 heterocycles. The summed E-state index contributed by atoms with van der Waals surface area (Å²) in [6.07, 6.45) is 10.4. The van der Waals surface area contributed by atoms with E-state index in [1.54, 1.807) is 12.2 Å². The number of aliphatic carboxylic acids is 1. The van der Waals surface area contributed by atoms with E-state index in [0.717, 1.165) is 44.9 Å². The van der Waals surface area contributed by atoms with Crippen molar-refractivity contribution in [2.24, 2.45) is 11.3 Å². The zero-order valence-corrected chi connectivity index (χ0v) is 20.1. The number of halogens is 2. The minimum atomic E-state index is -2.50. The molecule has 33 heavy (non-hydrogen) atoms. The number of alkyl halides is 2. The van der Waals surface area contributed by atoms with Gasteiger partial charge in [0.15, 0.2) is 12.4 Å². The fourth-order valence-electron chi connectivity index (χ4n) is 5.14. The van der Waals surface area contributed by atoms with Gasteiger partial charge < -0.3 is 14.6 Å². The van der Waals surface area contributed by atoms with E-state index in [2.05, 4.69) is 6.92 Å². The van der Waals surface area contributed by atoms with Crippen LogP contribution in [0, 0.1) is 11.3 Å². The van der Waals surface area contributed by atoms with E-state index >= 15 is 0 Å². The number of Topliss-reactive ketones (excluding diaryl/α,β-unsaturated/α-hetero) is 1. The number of ketones is 1. The molecule has 1 aliphatic carbocycles. The monoisotopic (exact) mass is 472 g/mol.